The van der Waals surface area contributed by atoms with Gasteiger partial charge in [-0.3, -0.25) is 14.5 Å². The van der Waals surface area contributed by atoms with E-state index in [2.05, 4.69) is 10.3 Å². The fraction of sp³-hybridized carbons (Fsp3) is 0.323. The highest BCUT2D eigenvalue weighted by atomic mass is 32.1. The van der Waals surface area contributed by atoms with Crippen LogP contribution in [0.3, 0.4) is 0 Å². The van der Waals surface area contributed by atoms with Gasteiger partial charge in [0.25, 0.3) is 5.91 Å². The average molecular weight is 626 g/mol. The number of carbonyl (C=O) groups is 2. The molecule has 0 saturated carbocycles. The summed E-state index contributed by atoms with van der Waals surface area (Å²) in [6.07, 6.45) is -0.165. The molecule has 4 heterocycles. The van der Waals surface area contributed by atoms with Crippen molar-refractivity contribution in [3.05, 3.63) is 81.6 Å². The van der Waals surface area contributed by atoms with Gasteiger partial charge in [0.05, 0.1) is 18.3 Å². The number of nitrogens with two attached hydrogens (primary N) is 1. The third-order valence-electron chi connectivity index (χ3n) is 7.78. The zero-order chi connectivity index (χ0) is 31.0. The summed E-state index contributed by atoms with van der Waals surface area (Å²) in [4.78, 5) is 33.8. The minimum Gasteiger partial charge on any atom is -0.488 e. The average Bonchev–Trinajstić information content (AvgIpc) is 3.35. The molecule has 2 aromatic heterocycles. The van der Waals surface area contributed by atoms with Gasteiger partial charge in [0.1, 0.15) is 28.6 Å². The van der Waals surface area contributed by atoms with E-state index in [0.717, 1.165) is 22.6 Å². The maximum Gasteiger partial charge on any atom is 0.320 e. The molecule has 44 heavy (non-hydrogen) atoms. The molecule has 2 aliphatic rings. The van der Waals surface area contributed by atoms with Gasteiger partial charge in [-0.15, -0.1) is 11.3 Å². The molecule has 3 N–H and O–H groups in total. The molecule has 13 heteroatoms. The van der Waals surface area contributed by atoms with E-state index in [1.807, 2.05) is 42.2 Å². The molecule has 0 bridgehead atoms. The lowest BCUT2D eigenvalue weighted by Crippen LogP contribution is -2.49. The van der Waals surface area contributed by atoms with E-state index in [4.69, 9.17) is 15.2 Å². The number of rotatable bonds is 7. The standard InChI is InChI=1S/C31H30F3N5O4S/c1-17-7-8-20-26(35)29(44-31(20)36-17)30(41)37-19-13-21-23(32)24(33)27(25(34)28(21)43-16-19)39-11-9-38(10-12-39)14-22(40)42-15-18-5-3-2-4-6-18/h2-8,19H,9-16,35H2,1H3,(H,37,41)/t19-/m1/s1. The Bertz CT molecular complexity index is 1730. The number of nitrogen functional groups attached to an aromatic ring is 1. The molecule has 6 rings (SSSR count). The van der Waals surface area contributed by atoms with E-state index in [9.17, 15) is 9.59 Å². The summed E-state index contributed by atoms with van der Waals surface area (Å²) in [6, 6.07) is 12.1. The van der Waals surface area contributed by atoms with Crippen LogP contribution in [-0.2, 0) is 22.6 Å². The van der Waals surface area contributed by atoms with Crippen LogP contribution >= 0.6 is 11.3 Å². The minimum absolute atomic E-state index is 0.0315. The number of hydrogen-bond donors (Lipinski definition) is 2. The number of esters is 1. The number of aryl methyl sites for hydroxylation is 1. The first-order valence-corrected chi connectivity index (χ1v) is 15.0. The van der Waals surface area contributed by atoms with Gasteiger partial charge < -0.3 is 25.4 Å². The molecular weight excluding hydrogens is 595 g/mol. The number of amides is 1. The fourth-order valence-corrected chi connectivity index (χ4v) is 6.51. The van der Waals surface area contributed by atoms with E-state index in [0.29, 0.717) is 23.3 Å². The lowest BCUT2D eigenvalue weighted by atomic mass is 9.99. The molecule has 0 spiro atoms. The number of hydrogen-bond acceptors (Lipinski definition) is 9. The first-order valence-electron chi connectivity index (χ1n) is 14.1. The summed E-state index contributed by atoms with van der Waals surface area (Å²) in [5.41, 5.74) is 7.33. The molecule has 1 amide bonds. The smallest absolute Gasteiger partial charge is 0.320 e. The molecule has 1 fully saturated rings. The van der Waals surface area contributed by atoms with Crippen molar-refractivity contribution < 1.29 is 32.2 Å². The summed E-state index contributed by atoms with van der Waals surface area (Å²) in [6.45, 7) is 2.86. The van der Waals surface area contributed by atoms with Crippen LogP contribution in [-0.4, -0.2) is 67.1 Å². The van der Waals surface area contributed by atoms with Crippen LogP contribution in [0.4, 0.5) is 24.5 Å². The Labute approximate surface area is 255 Å². The van der Waals surface area contributed by atoms with Gasteiger partial charge in [0.15, 0.2) is 23.2 Å². The molecule has 1 saturated heterocycles. The molecule has 2 aromatic carbocycles. The molecule has 230 valence electrons. The highest BCUT2D eigenvalue weighted by molar-refractivity contribution is 7.21. The summed E-state index contributed by atoms with van der Waals surface area (Å²) >= 11 is 1.13. The van der Waals surface area contributed by atoms with Crippen LogP contribution in [0.1, 0.15) is 26.5 Å². The van der Waals surface area contributed by atoms with Crippen molar-refractivity contribution in [1.82, 2.24) is 15.2 Å². The van der Waals surface area contributed by atoms with E-state index < -0.39 is 41.1 Å². The van der Waals surface area contributed by atoms with Crippen LogP contribution in [0.2, 0.25) is 0 Å². The van der Waals surface area contributed by atoms with Crippen molar-refractivity contribution in [3.8, 4) is 5.75 Å². The SMILES string of the molecule is Cc1ccc2c(N)c(C(=O)N[C@H]3COc4c(F)c(N5CCN(CC(=O)OCc6ccccc6)CC5)c(F)c(F)c4C3)sc2n1. The highest BCUT2D eigenvalue weighted by Crippen LogP contribution is 2.40. The predicted octanol–water partition coefficient (Wildman–Crippen LogP) is 4.20. The van der Waals surface area contributed by atoms with Crippen molar-refractivity contribution in [2.24, 2.45) is 0 Å². The van der Waals surface area contributed by atoms with Crippen LogP contribution in [0, 0.1) is 24.4 Å². The van der Waals surface area contributed by atoms with Crippen molar-refractivity contribution in [2.45, 2.75) is 26.0 Å². The largest absolute Gasteiger partial charge is 0.488 e. The number of benzene rings is 2. The van der Waals surface area contributed by atoms with Crippen molar-refractivity contribution >= 4 is 44.8 Å². The number of nitrogens with one attached hydrogen (secondary N) is 1. The maximum absolute atomic E-state index is 15.6. The number of piperazine rings is 1. The molecule has 4 aromatic rings. The zero-order valence-electron chi connectivity index (χ0n) is 23.9. The second-order valence-corrected chi connectivity index (χ2v) is 11.8. The third kappa shape index (κ3) is 5.89. The number of fused-ring (bicyclic) bond motifs is 2. The van der Waals surface area contributed by atoms with Gasteiger partial charge in [-0.25, -0.2) is 18.2 Å². The van der Waals surface area contributed by atoms with Crippen LogP contribution in [0.25, 0.3) is 10.2 Å². The number of aromatic nitrogens is 1. The lowest BCUT2D eigenvalue weighted by molar-refractivity contribution is -0.146. The van der Waals surface area contributed by atoms with Crippen LogP contribution in [0.5, 0.6) is 5.75 Å². The van der Waals surface area contributed by atoms with E-state index >= 15 is 13.2 Å². The number of anilines is 2. The van der Waals surface area contributed by atoms with Gasteiger partial charge in [-0.1, -0.05) is 30.3 Å². The first-order chi connectivity index (χ1) is 21.2. The molecule has 9 nitrogen and oxygen atoms in total. The number of halogens is 3. The third-order valence-corrected chi connectivity index (χ3v) is 8.90. The Hall–Kier alpha value is -4.36. The Kier molecular flexibility index (Phi) is 8.32. The Morgan fingerprint density at radius 2 is 1.82 bits per heavy atom. The number of nitrogens with zero attached hydrogens (tertiary/aromatic N) is 3. The van der Waals surface area contributed by atoms with Crippen molar-refractivity contribution in [2.75, 3.05) is 50.0 Å². The summed E-state index contributed by atoms with van der Waals surface area (Å²) in [5, 5.41) is 3.40. The van der Waals surface area contributed by atoms with E-state index in [-0.39, 0.29) is 61.1 Å². The van der Waals surface area contributed by atoms with E-state index in [1.165, 1.54) is 4.90 Å². The summed E-state index contributed by atoms with van der Waals surface area (Å²) < 4.78 is 57.3. The molecule has 0 unspecified atom stereocenters. The molecule has 0 aliphatic carbocycles. The predicted molar refractivity (Wildman–Crippen MR) is 160 cm³/mol. The number of carbonyl (C=O) groups excluding carboxylic acids is 2. The topological polar surface area (TPSA) is 110 Å². The summed E-state index contributed by atoms with van der Waals surface area (Å²) in [5.74, 6) is -4.80. The Morgan fingerprint density at radius 3 is 2.57 bits per heavy atom. The van der Waals surface area contributed by atoms with Gasteiger partial charge in [-0.05, 0) is 24.6 Å². The van der Waals surface area contributed by atoms with Crippen molar-refractivity contribution in [3.63, 3.8) is 0 Å². The maximum atomic E-state index is 15.6. The quantitative estimate of drug-likeness (QED) is 0.232. The first kappa shape index (κ1) is 29.7. The second kappa shape index (κ2) is 12.3. The van der Waals surface area contributed by atoms with Crippen LogP contribution < -0.4 is 20.7 Å². The Morgan fingerprint density at radius 1 is 1.07 bits per heavy atom. The fourth-order valence-electron chi connectivity index (χ4n) is 5.47. The van der Waals surface area contributed by atoms with E-state index in [1.54, 1.807) is 12.1 Å². The normalized spacial score (nSPS) is 16.8. The minimum atomic E-state index is -1.32. The lowest BCUT2D eigenvalue weighted by Gasteiger charge is -2.36. The van der Waals surface area contributed by atoms with Gasteiger partial charge in [-0.2, -0.15) is 0 Å². The number of ether oxygens (including phenoxy) is 2. The molecule has 0 radical (unpaired) electrons. The number of pyridine rings is 1. The van der Waals surface area contributed by atoms with Gasteiger partial charge in [0, 0.05) is 49.2 Å². The van der Waals surface area contributed by atoms with Gasteiger partial charge in [0.2, 0.25) is 0 Å². The summed E-state index contributed by atoms with van der Waals surface area (Å²) in [7, 11) is 0. The zero-order valence-corrected chi connectivity index (χ0v) is 24.7. The molecule has 1 atom stereocenters. The Balaban J connectivity index is 1.09. The van der Waals surface area contributed by atoms with Gasteiger partial charge >= 0.3 is 5.97 Å². The monoisotopic (exact) mass is 625 g/mol. The van der Waals surface area contributed by atoms with Crippen LogP contribution in [0.15, 0.2) is 42.5 Å². The van der Waals surface area contributed by atoms with Crippen molar-refractivity contribution in [1.29, 1.82) is 0 Å². The number of thiophene rings is 1. The molecular formula is C31H30F3N5O4S. The molecule has 2 aliphatic heterocycles. The highest BCUT2D eigenvalue weighted by Gasteiger charge is 2.35. The second-order valence-electron chi connectivity index (χ2n) is 10.8.